The van der Waals surface area contributed by atoms with Gasteiger partial charge < -0.3 is 15.1 Å². The van der Waals surface area contributed by atoms with E-state index in [1.54, 1.807) is 0 Å². The van der Waals surface area contributed by atoms with Gasteiger partial charge in [-0.1, -0.05) is 19.1 Å². The quantitative estimate of drug-likeness (QED) is 0.718. The molecule has 0 aliphatic carbocycles. The third-order valence-corrected chi connectivity index (χ3v) is 6.46. The largest absolute Gasteiger partial charge is 0.339 e. The number of aryl methyl sites for hydroxylation is 1. The molecule has 2 rings (SSSR count). The van der Waals surface area contributed by atoms with Crippen molar-refractivity contribution in [3.8, 4) is 0 Å². The van der Waals surface area contributed by atoms with Crippen molar-refractivity contribution in [1.29, 1.82) is 0 Å². The Balaban J connectivity index is 2.08. The van der Waals surface area contributed by atoms with E-state index in [9.17, 15) is 8.42 Å². The van der Waals surface area contributed by atoms with Gasteiger partial charge in [-0.05, 0) is 42.8 Å². The molecule has 24 heavy (non-hydrogen) atoms. The lowest BCUT2D eigenvalue weighted by molar-refractivity contribution is -0.857. The van der Waals surface area contributed by atoms with Gasteiger partial charge >= 0.3 is 0 Å². The van der Waals surface area contributed by atoms with Crippen LogP contribution in [-0.2, 0) is 16.3 Å². The van der Waals surface area contributed by atoms with Gasteiger partial charge in [-0.15, -0.1) is 0 Å². The summed E-state index contributed by atoms with van der Waals surface area (Å²) in [5, 5.41) is 3.89. The lowest BCUT2D eigenvalue weighted by Crippen LogP contribution is -3.06. The van der Waals surface area contributed by atoms with Crippen LogP contribution < -0.4 is 10.2 Å². The fraction of sp³-hybridized carbons (Fsp3) is 0.588. The van der Waals surface area contributed by atoms with Gasteiger partial charge in [0.15, 0.2) is 14.9 Å². The molecule has 1 saturated heterocycles. The Bertz CT molecular complexity index is 657. The number of hydrogen-bond acceptors (Lipinski definition) is 3. The van der Waals surface area contributed by atoms with E-state index in [0.29, 0.717) is 11.5 Å². The zero-order valence-corrected chi connectivity index (χ0v) is 16.3. The molecule has 1 aliphatic rings. The number of nitrogens with zero attached hydrogens (tertiary/aromatic N) is 1. The highest BCUT2D eigenvalue weighted by molar-refractivity contribution is 7.91. The van der Waals surface area contributed by atoms with Crippen LogP contribution in [0.4, 0.5) is 5.69 Å². The number of nitrogens with one attached hydrogen (secondary N) is 2. The van der Waals surface area contributed by atoms with Crippen LogP contribution in [0.1, 0.15) is 18.9 Å². The molecule has 1 aromatic rings. The fourth-order valence-electron chi connectivity index (χ4n) is 2.83. The summed E-state index contributed by atoms with van der Waals surface area (Å²) in [6.45, 7) is 3.79. The first-order valence-electron chi connectivity index (χ1n) is 8.46. The third kappa shape index (κ3) is 5.43. The van der Waals surface area contributed by atoms with Crippen LogP contribution in [0.15, 0.2) is 24.3 Å². The summed E-state index contributed by atoms with van der Waals surface area (Å²) in [5.74, 6) is 0.461. The van der Waals surface area contributed by atoms with E-state index in [4.69, 9.17) is 12.2 Å². The van der Waals surface area contributed by atoms with Gasteiger partial charge in [0.25, 0.3) is 0 Å². The molecule has 1 aromatic carbocycles. The van der Waals surface area contributed by atoms with Gasteiger partial charge in [-0.25, -0.2) is 8.42 Å². The van der Waals surface area contributed by atoms with E-state index in [1.807, 2.05) is 12.1 Å². The monoisotopic (exact) mass is 370 g/mol. The number of rotatable bonds is 6. The van der Waals surface area contributed by atoms with Gasteiger partial charge in [0, 0.05) is 11.7 Å². The van der Waals surface area contributed by atoms with Crippen molar-refractivity contribution in [2.24, 2.45) is 0 Å². The number of likely N-dealkylation sites (N-methyl/N-ethyl adjacent to an activating group) is 1. The molecule has 1 atom stereocenters. The minimum atomic E-state index is -2.93. The lowest BCUT2D eigenvalue weighted by atomic mass is 10.1. The van der Waals surface area contributed by atoms with Crippen LogP contribution in [0.2, 0.25) is 0 Å². The van der Waals surface area contributed by atoms with Gasteiger partial charge in [0.05, 0.1) is 38.7 Å². The predicted molar refractivity (Wildman–Crippen MR) is 103 cm³/mol. The number of thiocarbonyl (C=S) groups is 1. The lowest BCUT2D eigenvalue weighted by Gasteiger charge is -2.31. The molecule has 0 amide bonds. The average molecular weight is 371 g/mol. The number of anilines is 1. The Labute approximate surface area is 150 Å². The van der Waals surface area contributed by atoms with Crippen molar-refractivity contribution < 1.29 is 13.3 Å². The molecule has 0 bridgehead atoms. The molecule has 0 saturated carbocycles. The van der Waals surface area contributed by atoms with Gasteiger partial charge in [-0.2, -0.15) is 0 Å². The van der Waals surface area contributed by atoms with E-state index in [0.717, 1.165) is 25.2 Å². The summed E-state index contributed by atoms with van der Waals surface area (Å²) >= 11 is 5.59. The normalized spacial score (nSPS) is 19.4. The zero-order valence-electron chi connectivity index (χ0n) is 14.7. The third-order valence-electron chi connectivity index (χ3n) is 4.38. The van der Waals surface area contributed by atoms with Crippen LogP contribution in [0.3, 0.4) is 0 Å². The van der Waals surface area contributed by atoms with Crippen LogP contribution in [0, 0.1) is 0 Å². The summed E-state index contributed by atoms with van der Waals surface area (Å²) < 4.78 is 23.7. The maximum absolute atomic E-state index is 11.8. The van der Waals surface area contributed by atoms with Gasteiger partial charge in [0.2, 0.25) is 0 Å². The van der Waals surface area contributed by atoms with Crippen molar-refractivity contribution in [3.05, 3.63) is 29.8 Å². The molecule has 1 aliphatic heterocycles. The fourth-order valence-corrected chi connectivity index (χ4v) is 4.92. The van der Waals surface area contributed by atoms with Gasteiger partial charge in [0.1, 0.15) is 0 Å². The highest BCUT2D eigenvalue weighted by Gasteiger charge is 2.33. The second-order valence-electron chi connectivity index (χ2n) is 6.69. The highest BCUT2D eigenvalue weighted by Crippen LogP contribution is 2.19. The molecular formula is C17H28N3O2S2+. The number of sulfone groups is 1. The zero-order chi connectivity index (χ0) is 17.7. The van der Waals surface area contributed by atoms with E-state index in [-0.39, 0.29) is 17.5 Å². The molecule has 7 heteroatoms. The number of quaternary nitrogens is 1. The summed E-state index contributed by atoms with van der Waals surface area (Å²) in [5.41, 5.74) is 2.22. The number of hydrogen-bond donors (Lipinski definition) is 2. The Kier molecular flexibility index (Phi) is 6.60. The van der Waals surface area contributed by atoms with Gasteiger partial charge in [-0.3, -0.25) is 0 Å². The molecule has 1 fully saturated rings. The van der Waals surface area contributed by atoms with E-state index < -0.39 is 9.84 Å². The van der Waals surface area contributed by atoms with Crippen molar-refractivity contribution in [1.82, 2.24) is 4.90 Å². The van der Waals surface area contributed by atoms with E-state index >= 15 is 0 Å². The molecule has 134 valence electrons. The summed E-state index contributed by atoms with van der Waals surface area (Å²) in [6.07, 6.45) is 1.66. The molecule has 0 radical (unpaired) electrons. The minimum Gasteiger partial charge on any atom is -0.339 e. The van der Waals surface area contributed by atoms with Crippen LogP contribution >= 0.6 is 12.2 Å². The Morgan fingerprint density at radius 1 is 1.33 bits per heavy atom. The van der Waals surface area contributed by atoms with Crippen LogP contribution in [0.25, 0.3) is 0 Å². The first kappa shape index (κ1) is 19.1. The summed E-state index contributed by atoms with van der Waals surface area (Å²) in [4.78, 5) is 3.37. The van der Waals surface area contributed by atoms with E-state index in [2.05, 4.69) is 43.4 Å². The highest BCUT2D eigenvalue weighted by atomic mass is 32.2. The number of benzene rings is 1. The van der Waals surface area contributed by atoms with Crippen molar-refractivity contribution >= 4 is 32.9 Å². The predicted octanol–water partition coefficient (Wildman–Crippen LogP) is 0.579. The average Bonchev–Trinajstić information content (AvgIpc) is 2.88. The Morgan fingerprint density at radius 2 is 2.00 bits per heavy atom. The summed E-state index contributed by atoms with van der Waals surface area (Å²) in [6, 6.07) is 8.18. The maximum atomic E-state index is 11.8. The first-order chi connectivity index (χ1) is 11.3. The molecule has 2 N–H and O–H groups in total. The second kappa shape index (κ2) is 8.27. The molecular weight excluding hydrogens is 342 g/mol. The molecule has 5 nitrogen and oxygen atoms in total. The Hall–Kier alpha value is -1.18. The van der Waals surface area contributed by atoms with Crippen molar-refractivity contribution in [3.63, 3.8) is 0 Å². The molecule has 0 aromatic heterocycles. The smallest absolute Gasteiger partial charge is 0.173 e. The SMILES string of the molecule is CCc1ccc(NC(=S)N(CC[NH+](C)C)[C@H]2CCS(=O)(=O)C2)cc1. The topological polar surface area (TPSA) is 53.9 Å². The Morgan fingerprint density at radius 3 is 2.50 bits per heavy atom. The first-order valence-corrected chi connectivity index (χ1v) is 10.7. The molecule has 0 spiro atoms. The van der Waals surface area contributed by atoms with Crippen molar-refractivity contribution in [2.45, 2.75) is 25.8 Å². The summed E-state index contributed by atoms with van der Waals surface area (Å²) in [7, 11) is 1.24. The molecule has 1 heterocycles. The standard InChI is InChI=1S/C17H27N3O2S2/c1-4-14-5-7-15(8-6-14)18-17(23)20(11-10-19(2)3)16-9-12-24(21,22)13-16/h5-8,16H,4,9-13H2,1-3H3,(H,18,23)/p+1/t16-/m0/s1. The van der Waals surface area contributed by atoms with Crippen LogP contribution in [-0.4, -0.2) is 63.2 Å². The minimum absolute atomic E-state index is 0.0238. The van der Waals surface area contributed by atoms with E-state index in [1.165, 1.54) is 10.5 Å². The van der Waals surface area contributed by atoms with Crippen molar-refractivity contribution in [2.75, 3.05) is 44.0 Å². The molecule has 0 unspecified atom stereocenters. The maximum Gasteiger partial charge on any atom is 0.173 e. The van der Waals surface area contributed by atoms with Crippen LogP contribution in [0.5, 0.6) is 0 Å². The second-order valence-corrected chi connectivity index (χ2v) is 9.30.